The smallest absolute Gasteiger partial charge is 0.311 e. The second-order valence-corrected chi connectivity index (χ2v) is 3.92. The second-order valence-electron chi connectivity index (χ2n) is 3.92. The van der Waals surface area contributed by atoms with E-state index in [0.29, 0.717) is 6.07 Å². The van der Waals surface area contributed by atoms with Gasteiger partial charge in [0.15, 0.2) is 17.5 Å². The molecule has 1 aromatic carbocycles. The van der Waals surface area contributed by atoms with Gasteiger partial charge >= 0.3 is 5.69 Å². The Morgan fingerprint density at radius 1 is 1.14 bits per heavy atom. The Kier molecular flexibility index (Phi) is 3.92. The second kappa shape index (κ2) is 5.65. The SMILES string of the molecule is CNc1ccc([N+](=O)[O-])c(Nc2ccc(F)c(F)c2F)n1. The lowest BCUT2D eigenvalue weighted by Crippen LogP contribution is -2.04. The highest BCUT2D eigenvalue weighted by Gasteiger charge is 2.19. The van der Waals surface area contributed by atoms with Crippen LogP contribution in [0.5, 0.6) is 0 Å². The molecule has 1 aromatic heterocycles. The first-order valence-electron chi connectivity index (χ1n) is 5.67. The highest BCUT2D eigenvalue weighted by atomic mass is 19.2. The number of hydrogen-bond donors (Lipinski definition) is 2. The van der Waals surface area contributed by atoms with Crippen molar-refractivity contribution in [2.45, 2.75) is 0 Å². The lowest BCUT2D eigenvalue weighted by Gasteiger charge is -2.09. The van der Waals surface area contributed by atoms with Crippen LogP contribution in [-0.2, 0) is 0 Å². The Labute approximate surface area is 116 Å². The van der Waals surface area contributed by atoms with E-state index in [4.69, 9.17) is 0 Å². The maximum atomic E-state index is 13.6. The Balaban J connectivity index is 2.48. The molecule has 0 saturated carbocycles. The molecule has 0 radical (unpaired) electrons. The van der Waals surface area contributed by atoms with Gasteiger partial charge in [-0.05, 0) is 18.2 Å². The molecule has 0 saturated heterocycles. The molecular formula is C12H9F3N4O2. The van der Waals surface area contributed by atoms with Gasteiger partial charge in [-0.1, -0.05) is 0 Å². The summed E-state index contributed by atoms with van der Waals surface area (Å²) < 4.78 is 39.6. The summed E-state index contributed by atoms with van der Waals surface area (Å²) in [5, 5.41) is 15.8. The van der Waals surface area contributed by atoms with Gasteiger partial charge in [-0.2, -0.15) is 0 Å². The van der Waals surface area contributed by atoms with Crippen molar-refractivity contribution >= 4 is 23.0 Å². The molecule has 0 spiro atoms. The fourth-order valence-electron chi connectivity index (χ4n) is 1.58. The first-order valence-corrected chi connectivity index (χ1v) is 5.67. The predicted molar refractivity (Wildman–Crippen MR) is 70.0 cm³/mol. The minimum absolute atomic E-state index is 0.283. The number of benzene rings is 1. The average molecular weight is 298 g/mol. The van der Waals surface area contributed by atoms with E-state index in [-0.39, 0.29) is 11.6 Å². The van der Waals surface area contributed by atoms with Crippen LogP contribution in [-0.4, -0.2) is 17.0 Å². The summed E-state index contributed by atoms with van der Waals surface area (Å²) >= 11 is 0. The third kappa shape index (κ3) is 2.86. The van der Waals surface area contributed by atoms with E-state index in [2.05, 4.69) is 15.6 Å². The number of halogens is 3. The molecule has 6 nitrogen and oxygen atoms in total. The maximum Gasteiger partial charge on any atom is 0.311 e. The fourth-order valence-corrected chi connectivity index (χ4v) is 1.58. The summed E-state index contributed by atoms with van der Waals surface area (Å²) in [6, 6.07) is 4.13. The van der Waals surface area contributed by atoms with Gasteiger partial charge in [0, 0.05) is 13.1 Å². The lowest BCUT2D eigenvalue weighted by atomic mass is 10.2. The average Bonchev–Trinajstić information content (AvgIpc) is 2.47. The summed E-state index contributed by atoms with van der Waals surface area (Å²) in [6.45, 7) is 0. The molecule has 1 heterocycles. The number of hydrogen-bond acceptors (Lipinski definition) is 5. The first kappa shape index (κ1) is 14.6. The van der Waals surface area contributed by atoms with Gasteiger partial charge in [0.05, 0.1) is 10.6 Å². The van der Waals surface area contributed by atoms with Crippen LogP contribution in [0, 0.1) is 27.6 Å². The van der Waals surface area contributed by atoms with Crippen molar-refractivity contribution in [2.24, 2.45) is 0 Å². The zero-order chi connectivity index (χ0) is 15.6. The van der Waals surface area contributed by atoms with Crippen LogP contribution in [0.15, 0.2) is 24.3 Å². The minimum atomic E-state index is -1.67. The third-order valence-corrected chi connectivity index (χ3v) is 2.62. The zero-order valence-electron chi connectivity index (χ0n) is 10.7. The van der Waals surface area contributed by atoms with E-state index < -0.39 is 33.7 Å². The quantitative estimate of drug-likeness (QED) is 0.515. The van der Waals surface area contributed by atoms with E-state index >= 15 is 0 Å². The monoisotopic (exact) mass is 298 g/mol. The summed E-state index contributed by atoms with van der Waals surface area (Å²) in [5.41, 5.74) is -0.893. The molecule has 21 heavy (non-hydrogen) atoms. The Hall–Kier alpha value is -2.84. The fraction of sp³-hybridized carbons (Fsp3) is 0.0833. The summed E-state index contributed by atoms with van der Waals surface area (Å²) in [5.74, 6) is -4.53. The van der Waals surface area contributed by atoms with Gasteiger partial charge in [0.25, 0.3) is 0 Å². The van der Waals surface area contributed by atoms with Crippen molar-refractivity contribution in [1.82, 2.24) is 4.98 Å². The third-order valence-electron chi connectivity index (χ3n) is 2.62. The molecule has 9 heteroatoms. The Morgan fingerprint density at radius 3 is 2.48 bits per heavy atom. The summed E-state index contributed by atoms with van der Waals surface area (Å²) in [6.07, 6.45) is 0. The number of rotatable bonds is 4. The highest BCUT2D eigenvalue weighted by molar-refractivity contribution is 5.68. The molecule has 0 atom stereocenters. The lowest BCUT2D eigenvalue weighted by molar-refractivity contribution is -0.384. The van der Waals surface area contributed by atoms with E-state index in [1.54, 1.807) is 0 Å². The van der Waals surface area contributed by atoms with Gasteiger partial charge < -0.3 is 10.6 Å². The van der Waals surface area contributed by atoms with Crippen molar-refractivity contribution in [3.05, 3.63) is 51.8 Å². The topological polar surface area (TPSA) is 80.1 Å². The van der Waals surface area contributed by atoms with Crippen LogP contribution in [0.2, 0.25) is 0 Å². The number of nitrogens with zero attached hydrogens (tertiary/aromatic N) is 2. The Morgan fingerprint density at radius 2 is 1.86 bits per heavy atom. The van der Waals surface area contributed by atoms with Gasteiger partial charge in [0.1, 0.15) is 5.82 Å². The van der Waals surface area contributed by atoms with E-state index in [9.17, 15) is 23.3 Å². The van der Waals surface area contributed by atoms with Crippen LogP contribution < -0.4 is 10.6 Å². The predicted octanol–water partition coefficient (Wildman–Crippen LogP) is 3.19. The summed E-state index contributed by atoms with van der Waals surface area (Å²) in [7, 11) is 1.54. The van der Waals surface area contributed by atoms with Crippen molar-refractivity contribution < 1.29 is 18.1 Å². The highest BCUT2D eigenvalue weighted by Crippen LogP contribution is 2.29. The number of nitrogens with one attached hydrogen (secondary N) is 2. The molecular weight excluding hydrogens is 289 g/mol. The van der Waals surface area contributed by atoms with Gasteiger partial charge in [0.2, 0.25) is 5.82 Å². The van der Waals surface area contributed by atoms with Crippen molar-refractivity contribution in [2.75, 3.05) is 17.7 Å². The molecule has 0 bridgehead atoms. The molecule has 0 fully saturated rings. The largest absolute Gasteiger partial charge is 0.373 e. The van der Waals surface area contributed by atoms with E-state index in [0.717, 1.165) is 12.1 Å². The molecule has 2 aromatic rings. The number of aromatic nitrogens is 1. The van der Waals surface area contributed by atoms with Crippen LogP contribution in [0.25, 0.3) is 0 Å². The Bertz CT molecular complexity index is 709. The maximum absolute atomic E-state index is 13.6. The van der Waals surface area contributed by atoms with Crippen molar-refractivity contribution in [3.8, 4) is 0 Å². The molecule has 0 unspecified atom stereocenters. The number of pyridine rings is 1. The van der Waals surface area contributed by atoms with Crippen molar-refractivity contribution in [3.63, 3.8) is 0 Å². The van der Waals surface area contributed by atoms with E-state index in [1.165, 1.54) is 13.1 Å². The van der Waals surface area contributed by atoms with Crippen LogP contribution >= 0.6 is 0 Å². The zero-order valence-corrected chi connectivity index (χ0v) is 10.7. The van der Waals surface area contributed by atoms with Gasteiger partial charge in [-0.3, -0.25) is 10.1 Å². The van der Waals surface area contributed by atoms with E-state index in [1.807, 2.05) is 0 Å². The van der Waals surface area contributed by atoms with Crippen LogP contribution in [0.1, 0.15) is 0 Å². The molecule has 0 aliphatic carbocycles. The molecule has 0 amide bonds. The minimum Gasteiger partial charge on any atom is -0.373 e. The molecule has 0 aliphatic heterocycles. The normalized spacial score (nSPS) is 10.3. The molecule has 2 N–H and O–H groups in total. The van der Waals surface area contributed by atoms with Crippen LogP contribution in [0.3, 0.4) is 0 Å². The summed E-state index contributed by atoms with van der Waals surface area (Å²) in [4.78, 5) is 14.0. The van der Waals surface area contributed by atoms with Crippen LogP contribution in [0.4, 0.5) is 36.2 Å². The van der Waals surface area contributed by atoms with Gasteiger partial charge in [-0.25, -0.2) is 18.2 Å². The molecule has 0 aliphatic rings. The van der Waals surface area contributed by atoms with Crippen molar-refractivity contribution in [1.29, 1.82) is 0 Å². The van der Waals surface area contributed by atoms with Gasteiger partial charge in [-0.15, -0.1) is 0 Å². The molecule has 110 valence electrons. The number of nitro groups is 1. The molecule has 2 rings (SSSR count). The standard InChI is InChI=1S/C12H9F3N4O2/c1-16-9-5-4-8(19(20)21)12(18-9)17-7-3-2-6(13)10(14)11(7)15/h2-5H,1H3,(H2,16,17,18). The number of anilines is 3. The first-order chi connectivity index (χ1) is 9.93.